The summed E-state index contributed by atoms with van der Waals surface area (Å²) in [6.45, 7) is 3.75. The van der Waals surface area contributed by atoms with Crippen LogP contribution >= 0.6 is 0 Å². The van der Waals surface area contributed by atoms with E-state index in [0.717, 1.165) is 37.2 Å². The molecule has 10 heteroatoms. The van der Waals surface area contributed by atoms with Crippen LogP contribution < -0.4 is 16.0 Å². The second kappa shape index (κ2) is 10.9. The number of urea groups is 1. The van der Waals surface area contributed by atoms with E-state index in [1.165, 1.54) is 5.56 Å². The molecule has 3 N–H and O–H groups in total. The second-order valence-corrected chi connectivity index (χ2v) is 7.78. The molecule has 3 heterocycles. The van der Waals surface area contributed by atoms with Gasteiger partial charge in [0.1, 0.15) is 11.5 Å². The molecule has 3 rings (SSSR count). The van der Waals surface area contributed by atoms with E-state index in [2.05, 4.69) is 30.8 Å². The van der Waals surface area contributed by atoms with Crippen LogP contribution in [0.25, 0.3) is 0 Å². The van der Waals surface area contributed by atoms with Crippen molar-refractivity contribution in [3.63, 3.8) is 0 Å². The zero-order chi connectivity index (χ0) is 23.1. The van der Waals surface area contributed by atoms with Gasteiger partial charge in [-0.3, -0.25) is 15.0 Å². The molecule has 0 bridgehead atoms. The number of nitrogens with zero attached hydrogens (tertiary/aromatic N) is 3. The molecule has 32 heavy (non-hydrogen) atoms. The molecule has 0 saturated carbocycles. The van der Waals surface area contributed by atoms with Gasteiger partial charge in [0, 0.05) is 25.5 Å². The van der Waals surface area contributed by atoms with Crippen molar-refractivity contribution in [2.24, 2.45) is 0 Å². The summed E-state index contributed by atoms with van der Waals surface area (Å²) in [7, 11) is 1.59. The zero-order valence-corrected chi connectivity index (χ0v) is 18.2. The Bertz CT molecular complexity index is 948. The molecule has 1 fully saturated rings. The average molecular weight is 447 g/mol. The number of rotatable bonds is 7. The first kappa shape index (κ1) is 23.5. The van der Waals surface area contributed by atoms with Crippen LogP contribution in [0.15, 0.2) is 30.5 Å². The number of hydrogen-bond acceptors (Lipinski definition) is 5. The topological polar surface area (TPSA) is 99.3 Å². The zero-order valence-electron chi connectivity index (χ0n) is 18.2. The van der Waals surface area contributed by atoms with E-state index in [1.807, 2.05) is 19.1 Å². The Morgan fingerprint density at radius 3 is 2.62 bits per heavy atom. The van der Waals surface area contributed by atoms with Gasteiger partial charge in [0.2, 0.25) is 0 Å². The van der Waals surface area contributed by atoms with Gasteiger partial charge < -0.3 is 10.6 Å². The predicted molar refractivity (Wildman–Crippen MR) is 117 cm³/mol. The fourth-order valence-corrected chi connectivity index (χ4v) is 3.89. The SMILES string of the molecule is CNC(=O)c1ccc(C2CCN(Cc3ccnc(NC(=O)NCC(F)F)c3)CC2)c(C)n1. The Labute approximate surface area is 185 Å². The Hall–Kier alpha value is -3.14. The quantitative estimate of drug-likeness (QED) is 0.607. The van der Waals surface area contributed by atoms with Crippen molar-refractivity contribution in [2.75, 3.05) is 32.0 Å². The van der Waals surface area contributed by atoms with E-state index < -0.39 is 19.0 Å². The largest absolute Gasteiger partial charge is 0.354 e. The number of carbonyl (C=O) groups excluding carboxylic acids is 2. The lowest BCUT2D eigenvalue weighted by Crippen LogP contribution is -2.33. The monoisotopic (exact) mass is 446 g/mol. The first-order valence-corrected chi connectivity index (χ1v) is 10.6. The number of nitrogens with one attached hydrogen (secondary N) is 3. The summed E-state index contributed by atoms with van der Waals surface area (Å²) in [5.74, 6) is 0.528. The fraction of sp³-hybridized carbons (Fsp3) is 0.455. The van der Waals surface area contributed by atoms with Crippen molar-refractivity contribution in [3.8, 4) is 0 Å². The van der Waals surface area contributed by atoms with Gasteiger partial charge in [-0.25, -0.2) is 23.5 Å². The molecule has 1 aliphatic rings. The van der Waals surface area contributed by atoms with Gasteiger partial charge in [0.15, 0.2) is 0 Å². The number of amides is 3. The van der Waals surface area contributed by atoms with Crippen LogP contribution in [0.1, 0.15) is 46.1 Å². The Balaban J connectivity index is 1.53. The first-order chi connectivity index (χ1) is 15.4. The number of alkyl halides is 2. The molecule has 3 amide bonds. The molecule has 2 aromatic heterocycles. The van der Waals surface area contributed by atoms with Crippen molar-refractivity contribution in [3.05, 3.63) is 53.0 Å². The summed E-state index contributed by atoms with van der Waals surface area (Å²) < 4.78 is 24.4. The van der Waals surface area contributed by atoms with Crippen LogP contribution in [0.2, 0.25) is 0 Å². The lowest BCUT2D eigenvalue weighted by Gasteiger charge is -2.32. The molecule has 2 aromatic rings. The Kier molecular flexibility index (Phi) is 8.04. The van der Waals surface area contributed by atoms with Crippen LogP contribution in [0, 0.1) is 6.92 Å². The van der Waals surface area contributed by atoms with Gasteiger partial charge in [-0.15, -0.1) is 0 Å². The molecule has 0 aromatic carbocycles. The third-order valence-electron chi connectivity index (χ3n) is 5.50. The van der Waals surface area contributed by atoms with Crippen molar-refractivity contribution in [2.45, 2.75) is 38.7 Å². The molecular formula is C22H28F2N6O2. The van der Waals surface area contributed by atoms with E-state index in [-0.39, 0.29) is 5.91 Å². The molecule has 0 atom stereocenters. The summed E-state index contributed by atoms with van der Waals surface area (Å²) in [5, 5.41) is 7.16. The highest BCUT2D eigenvalue weighted by atomic mass is 19.3. The number of hydrogen-bond donors (Lipinski definition) is 3. The second-order valence-electron chi connectivity index (χ2n) is 7.78. The van der Waals surface area contributed by atoms with Crippen LogP contribution in [0.3, 0.4) is 0 Å². The fourth-order valence-electron chi connectivity index (χ4n) is 3.89. The van der Waals surface area contributed by atoms with Gasteiger partial charge in [0.05, 0.1) is 6.54 Å². The lowest BCUT2D eigenvalue weighted by molar-refractivity contribution is 0.0958. The minimum Gasteiger partial charge on any atom is -0.354 e. The van der Waals surface area contributed by atoms with Crippen molar-refractivity contribution in [1.29, 1.82) is 0 Å². The average Bonchev–Trinajstić information content (AvgIpc) is 2.78. The van der Waals surface area contributed by atoms with E-state index in [9.17, 15) is 18.4 Å². The van der Waals surface area contributed by atoms with Crippen molar-refractivity contribution in [1.82, 2.24) is 25.5 Å². The minimum atomic E-state index is -2.60. The normalized spacial score (nSPS) is 14.9. The van der Waals surface area contributed by atoms with Gasteiger partial charge in [-0.05, 0) is 68.1 Å². The lowest BCUT2D eigenvalue weighted by atomic mass is 9.88. The minimum absolute atomic E-state index is 0.188. The van der Waals surface area contributed by atoms with Crippen LogP contribution in [-0.2, 0) is 6.54 Å². The standard InChI is InChI=1S/C22H28F2N6O2/c1-14-17(3-4-18(28-14)21(31)25-2)16-6-9-30(10-7-16)13-15-5-8-26-20(11-15)29-22(32)27-12-19(23)24/h3-5,8,11,16,19H,6-7,9-10,12-13H2,1-2H3,(H,25,31)(H2,26,27,29,32). The number of pyridine rings is 2. The number of anilines is 1. The van der Waals surface area contributed by atoms with Crippen molar-refractivity contribution < 1.29 is 18.4 Å². The maximum atomic E-state index is 12.2. The highest BCUT2D eigenvalue weighted by Crippen LogP contribution is 2.30. The highest BCUT2D eigenvalue weighted by Gasteiger charge is 2.23. The van der Waals surface area contributed by atoms with E-state index in [0.29, 0.717) is 24.0 Å². The molecule has 1 saturated heterocycles. The molecule has 0 spiro atoms. The summed E-state index contributed by atoms with van der Waals surface area (Å²) in [6.07, 6.45) is 0.951. The molecule has 8 nitrogen and oxygen atoms in total. The Morgan fingerprint density at radius 2 is 1.97 bits per heavy atom. The third kappa shape index (κ3) is 6.43. The smallest absolute Gasteiger partial charge is 0.320 e. The van der Waals surface area contributed by atoms with E-state index in [1.54, 1.807) is 25.4 Å². The molecule has 0 aliphatic carbocycles. The molecular weight excluding hydrogens is 418 g/mol. The van der Waals surface area contributed by atoms with Gasteiger partial charge in [-0.2, -0.15) is 0 Å². The number of piperidine rings is 1. The number of aromatic nitrogens is 2. The maximum Gasteiger partial charge on any atom is 0.320 e. The first-order valence-electron chi connectivity index (χ1n) is 10.6. The summed E-state index contributed by atoms with van der Waals surface area (Å²) in [5.41, 5.74) is 3.48. The van der Waals surface area contributed by atoms with Gasteiger partial charge >= 0.3 is 6.03 Å². The van der Waals surface area contributed by atoms with Crippen LogP contribution in [-0.4, -0.2) is 59.9 Å². The highest BCUT2D eigenvalue weighted by molar-refractivity contribution is 5.92. The molecule has 172 valence electrons. The Morgan fingerprint density at radius 1 is 1.22 bits per heavy atom. The van der Waals surface area contributed by atoms with Crippen LogP contribution in [0.4, 0.5) is 19.4 Å². The van der Waals surface area contributed by atoms with Crippen LogP contribution in [0.5, 0.6) is 0 Å². The number of halogens is 2. The molecule has 1 aliphatic heterocycles. The summed E-state index contributed by atoms with van der Waals surface area (Å²) >= 11 is 0. The predicted octanol–water partition coefficient (Wildman–Crippen LogP) is 2.91. The van der Waals surface area contributed by atoms with Gasteiger partial charge in [0.25, 0.3) is 12.3 Å². The molecule has 0 radical (unpaired) electrons. The van der Waals surface area contributed by atoms with E-state index >= 15 is 0 Å². The van der Waals surface area contributed by atoms with E-state index in [4.69, 9.17) is 0 Å². The molecule has 0 unspecified atom stereocenters. The maximum absolute atomic E-state index is 12.2. The third-order valence-corrected chi connectivity index (χ3v) is 5.50. The van der Waals surface area contributed by atoms with Crippen molar-refractivity contribution >= 4 is 17.8 Å². The van der Waals surface area contributed by atoms with Gasteiger partial charge in [-0.1, -0.05) is 6.07 Å². The number of aryl methyl sites for hydroxylation is 1. The number of likely N-dealkylation sites (tertiary alicyclic amines) is 1. The summed E-state index contributed by atoms with van der Waals surface area (Å²) in [6, 6.07) is 6.70. The number of carbonyl (C=O) groups is 2. The summed E-state index contributed by atoms with van der Waals surface area (Å²) in [4.78, 5) is 34.3.